The van der Waals surface area contributed by atoms with Crippen LogP contribution in [-0.4, -0.2) is 27.6 Å². The number of carbonyl (C=O) groups is 1. The Labute approximate surface area is 125 Å². The van der Waals surface area contributed by atoms with E-state index in [9.17, 15) is 4.79 Å². The van der Waals surface area contributed by atoms with Crippen LogP contribution in [0.5, 0.6) is 0 Å². The molecule has 104 valence electrons. The van der Waals surface area contributed by atoms with E-state index in [0.29, 0.717) is 12.2 Å². The molecule has 2 rings (SSSR count). The molecule has 0 atom stereocenters. The Bertz CT molecular complexity index is 637. The first-order chi connectivity index (χ1) is 9.63. The van der Waals surface area contributed by atoms with Gasteiger partial charge in [-0.1, -0.05) is 52.0 Å². The molecule has 0 saturated carbocycles. The van der Waals surface area contributed by atoms with E-state index < -0.39 is 5.97 Å². The zero-order valence-electron chi connectivity index (χ0n) is 11.0. The quantitative estimate of drug-likeness (QED) is 0.622. The van der Waals surface area contributed by atoms with Crippen LogP contribution in [0.15, 0.2) is 41.4 Å². The van der Waals surface area contributed by atoms with Gasteiger partial charge in [-0.3, -0.25) is 0 Å². The van der Waals surface area contributed by atoms with E-state index >= 15 is 0 Å². The van der Waals surface area contributed by atoms with Crippen LogP contribution in [0, 0.1) is 6.92 Å². The van der Waals surface area contributed by atoms with E-state index in [1.54, 1.807) is 11.6 Å². The van der Waals surface area contributed by atoms with Crippen molar-refractivity contribution in [1.29, 1.82) is 0 Å². The lowest BCUT2D eigenvalue weighted by Gasteiger charge is -2.06. The van der Waals surface area contributed by atoms with Gasteiger partial charge in [0.1, 0.15) is 6.61 Å². The summed E-state index contributed by atoms with van der Waals surface area (Å²) in [6.07, 6.45) is 1.51. The van der Waals surface area contributed by atoms with Crippen LogP contribution < -0.4 is 0 Å². The third-order valence-electron chi connectivity index (χ3n) is 2.79. The van der Waals surface area contributed by atoms with Crippen LogP contribution in [0.25, 0.3) is 0 Å². The predicted molar refractivity (Wildman–Crippen MR) is 78.5 cm³/mol. The summed E-state index contributed by atoms with van der Waals surface area (Å²) in [6.45, 7) is 5.99. The minimum Gasteiger partial charge on any atom is -0.457 e. The van der Waals surface area contributed by atoms with Crippen LogP contribution >= 0.6 is 15.9 Å². The number of rotatable bonds is 5. The third-order valence-corrected chi connectivity index (χ3v) is 3.56. The van der Waals surface area contributed by atoms with E-state index in [-0.39, 0.29) is 12.3 Å². The topological polar surface area (TPSA) is 57.0 Å². The molecule has 0 radical (unpaired) electrons. The number of esters is 1. The van der Waals surface area contributed by atoms with Crippen LogP contribution in [0.4, 0.5) is 0 Å². The first-order valence-corrected chi connectivity index (χ1v) is 6.84. The summed E-state index contributed by atoms with van der Waals surface area (Å²) in [6, 6.07) is 7.84. The van der Waals surface area contributed by atoms with Crippen molar-refractivity contribution in [1.82, 2.24) is 15.0 Å². The van der Waals surface area contributed by atoms with Crippen molar-refractivity contribution in [2.24, 2.45) is 0 Å². The highest BCUT2D eigenvalue weighted by molar-refractivity contribution is 9.10. The molecule has 1 aromatic carbocycles. The lowest BCUT2D eigenvalue weighted by molar-refractivity contribution is 0.0542. The van der Waals surface area contributed by atoms with Crippen LogP contribution in [0.2, 0.25) is 0 Å². The lowest BCUT2D eigenvalue weighted by atomic mass is 10.2. The molecular formula is C14H14BrN3O2. The second-order valence-electron chi connectivity index (χ2n) is 4.16. The SMILES string of the molecule is C=CCOC(=O)c1nnn(Cc2ccccc2Br)c1C. The van der Waals surface area contributed by atoms with Gasteiger partial charge in [-0.05, 0) is 18.6 Å². The number of carbonyl (C=O) groups excluding carboxylic acids is 1. The molecule has 0 spiro atoms. The molecule has 1 heterocycles. The largest absolute Gasteiger partial charge is 0.457 e. The molecular weight excluding hydrogens is 322 g/mol. The van der Waals surface area contributed by atoms with Crippen LogP contribution in [-0.2, 0) is 11.3 Å². The maximum absolute atomic E-state index is 11.8. The second kappa shape index (κ2) is 6.47. The summed E-state index contributed by atoms with van der Waals surface area (Å²) in [7, 11) is 0. The van der Waals surface area contributed by atoms with Crippen LogP contribution in [0.3, 0.4) is 0 Å². The standard InChI is InChI=1S/C14H14BrN3O2/c1-3-8-20-14(19)13-10(2)18(17-16-13)9-11-6-4-5-7-12(11)15/h3-7H,1,8-9H2,2H3. The Kier molecular flexibility index (Phi) is 4.68. The molecule has 0 N–H and O–H groups in total. The van der Waals surface area contributed by atoms with Gasteiger partial charge in [-0.2, -0.15) is 0 Å². The normalized spacial score (nSPS) is 10.3. The minimum atomic E-state index is -0.485. The van der Waals surface area contributed by atoms with Gasteiger partial charge in [0.15, 0.2) is 5.69 Å². The third kappa shape index (κ3) is 3.14. The van der Waals surface area contributed by atoms with Crippen molar-refractivity contribution in [2.75, 3.05) is 6.61 Å². The highest BCUT2D eigenvalue weighted by Gasteiger charge is 2.17. The lowest BCUT2D eigenvalue weighted by Crippen LogP contribution is -2.09. The molecule has 0 unspecified atom stereocenters. The van der Waals surface area contributed by atoms with Crippen molar-refractivity contribution < 1.29 is 9.53 Å². The van der Waals surface area contributed by atoms with Gasteiger partial charge in [0, 0.05) is 4.47 Å². The molecule has 0 saturated heterocycles. The number of halogens is 1. The zero-order chi connectivity index (χ0) is 14.5. The number of hydrogen-bond donors (Lipinski definition) is 0. The number of hydrogen-bond acceptors (Lipinski definition) is 4. The van der Waals surface area contributed by atoms with E-state index in [1.165, 1.54) is 6.08 Å². The Hall–Kier alpha value is -1.95. The van der Waals surface area contributed by atoms with Gasteiger partial charge in [-0.25, -0.2) is 9.48 Å². The molecule has 20 heavy (non-hydrogen) atoms. The summed E-state index contributed by atoms with van der Waals surface area (Å²) >= 11 is 3.48. The first kappa shape index (κ1) is 14.5. The van der Waals surface area contributed by atoms with E-state index in [4.69, 9.17) is 4.74 Å². The van der Waals surface area contributed by atoms with E-state index in [2.05, 4.69) is 32.8 Å². The molecule has 0 aliphatic rings. The Morgan fingerprint density at radius 2 is 2.25 bits per heavy atom. The van der Waals surface area contributed by atoms with Gasteiger partial charge in [0.2, 0.25) is 0 Å². The average molecular weight is 336 g/mol. The van der Waals surface area contributed by atoms with Gasteiger partial charge >= 0.3 is 5.97 Å². The van der Waals surface area contributed by atoms with Crippen molar-refractivity contribution in [3.63, 3.8) is 0 Å². The van der Waals surface area contributed by atoms with E-state index in [0.717, 1.165) is 10.0 Å². The van der Waals surface area contributed by atoms with Crippen molar-refractivity contribution in [3.8, 4) is 0 Å². The molecule has 2 aromatic rings. The summed E-state index contributed by atoms with van der Waals surface area (Å²) in [5, 5.41) is 7.88. The first-order valence-electron chi connectivity index (χ1n) is 6.05. The average Bonchev–Trinajstić information content (AvgIpc) is 2.80. The predicted octanol–water partition coefficient (Wildman–Crippen LogP) is 2.74. The smallest absolute Gasteiger partial charge is 0.361 e. The summed E-state index contributed by atoms with van der Waals surface area (Å²) < 4.78 is 7.63. The minimum absolute atomic E-state index is 0.162. The molecule has 0 fully saturated rings. The monoisotopic (exact) mass is 335 g/mol. The molecule has 0 aliphatic heterocycles. The van der Waals surface area contributed by atoms with Gasteiger partial charge < -0.3 is 4.74 Å². The Morgan fingerprint density at radius 3 is 2.95 bits per heavy atom. The highest BCUT2D eigenvalue weighted by Crippen LogP contribution is 2.18. The summed E-state index contributed by atoms with van der Waals surface area (Å²) in [5.41, 5.74) is 1.97. The van der Waals surface area contributed by atoms with Crippen LogP contribution in [0.1, 0.15) is 21.7 Å². The Morgan fingerprint density at radius 1 is 1.50 bits per heavy atom. The molecule has 5 nitrogen and oxygen atoms in total. The van der Waals surface area contributed by atoms with Gasteiger partial charge in [0.05, 0.1) is 12.2 Å². The molecule has 1 aromatic heterocycles. The van der Waals surface area contributed by atoms with Gasteiger partial charge in [-0.15, -0.1) is 5.10 Å². The fourth-order valence-corrected chi connectivity index (χ4v) is 2.10. The zero-order valence-corrected chi connectivity index (χ0v) is 12.6. The molecule has 0 amide bonds. The summed E-state index contributed by atoms with van der Waals surface area (Å²) in [5.74, 6) is -0.485. The van der Waals surface area contributed by atoms with Crippen molar-refractivity contribution in [2.45, 2.75) is 13.5 Å². The number of aromatic nitrogens is 3. The number of benzene rings is 1. The maximum Gasteiger partial charge on any atom is 0.361 e. The van der Waals surface area contributed by atoms with Crippen molar-refractivity contribution in [3.05, 3.63) is 58.3 Å². The fraction of sp³-hybridized carbons (Fsp3) is 0.214. The molecule has 0 bridgehead atoms. The number of ether oxygens (including phenoxy) is 1. The Balaban J connectivity index is 2.19. The molecule has 6 heteroatoms. The second-order valence-corrected chi connectivity index (χ2v) is 5.01. The summed E-state index contributed by atoms with van der Waals surface area (Å²) in [4.78, 5) is 11.8. The molecule has 0 aliphatic carbocycles. The fourth-order valence-electron chi connectivity index (χ4n) is 1.69. The maximum atomic E-state index is 11.8. The highest BCUT2D eigenvalue weighted by atomic mass is 79.9. The number of nitrogens with zero attached hydrogens (tertiary/aromatic N) is 3. The van der Waals surface area contributed by atoms with Crippen molar-refractivity contribution >= 4 is 21.9 Å². The van der Waals surface area contributed by atoms with Gasteiger partial charge in [0.25, 0.3) is 0 Å². The van der Waals surface area contributed by atoms with E-state index in [1.807, 2.05) is 24.3 Å².